The van der Waals surface area contributed by atoms with Gasteiger partial charge in [-0.05, 0) is 31.0 Å². The molecule has 0 fully saturated rings. The third kappa shape index (κ3) is 2.96. The van der Waals surface area contributed by atoms with Gasteiger partial charge in [0.1, 0.15) is 5.58 Å². The Labute approximate surface area is 127 Å². The summed E-state index contributed by atoms with van der Waals surface area (Å²) >= 11 is 6.11. The Morgan fingerprint density at radius 3 is 3.00 bits per heavy atom. The van der Waals surface area contributed by atoms with Crippen LogP contribution in [0.3, 0.4) is 0 Å². The molecule has 0 saturated heterocycles. The van der Waals surface area contributed by atoms with E-state index in [4.69, 9.17) is 16.0 Å². The SMILES string of the molecule is O=C(O)[C@@H]1CC=CC[C@@H]1NCc1cc(Cl)cc2ccoc12. The number of carboxylic acid groups (broad SMARTS) is 1. The average molecular weight is 306 g/mol. The molecule has 3 rings (SSSR count). The molecule has 1 heterocycles. The lowest BCUT2D eigenvalue weighted by atomic mass is 9.89. The number of fused-ring (bicyclic) bond motifs is 1. The molecule has 0 saturated carbocycles. The number of nitrogens with one attached hydrogen (secondary N) is 1. The maximum Gasteiger partial charge on any atom is 0.308 e. The number of carboxylic acids is 1. The van der Waals surface area contributed by atoms with Crippen LogP contribution in [0.4, 0.5) is 0 Å². The van der Waals surface area contributed by atoms with Crippen molar-refractivity contribution in [2.75, 3.05) is 0 Å². The van der Waals surface area contributed by atoms with E-state index in [0.29, 0.717) is 18.0 Å². The van der Waals surface area contributed by atoms with Gasteiger partial charge in [0.15, 0.2) is 0 Å². The van der Waals surface area contributed by atoms with Crippen LogP contribution in [-0.4, -0.2) is 17.1 Å². The molecular formula is C16H16ClNO3. The monoisotopic (exact) mass is 305 g/mol. The summed E-state index contributed by atoms with van der Waals surface area (Å²) in [6.07, 6.45) is 6.88. The fourth-order valence-electron chi connectivity index (χ4n) is 2.80. The van der Waals surface area contributed by atoms with E-state index >= 15 is 0 Å². The maximum atomic E-state index is 11.3. The van der Waals surface area contributed by atoms with E-state index in [1.54, 1.807) is 6.26 Å². The first-order valence-corrected chi connectivity index (χ1v) is 7.30. The van der Waals surface area contributed by atoms with E-state index in [-0.39, 0.29) is 12.0 Å². The van der Waals surface area contributed by atoms with Gasteiger partial charge in [0, 0.05) is 28.6 Å². The standard InChI is InChI=1S/C16H16ClNO3/c17-12-7-10-5-6-21-15(10)11(8-12)9-18-14-4-2-1-3-13(14)16(19)20/h1-2,5-8,13-14,18H,3-4,9H2,(H,19,20)/t13-,14+/m1/s1. The van der Waals surface area contributed by atoms with Gasteiger partial charge in [0.25, 0.3) is 0 Å². The van der Waals surface area contributed by atoms with Crippen molar-refractivity contribution in [3.63, 3.8) is 0 Å². The minimum Gasteiger partial charge on any atom is -0.481 e. The molecule has 1 aliphatic carbocycles. The van der Waals surface area contributed by atoms with Crippen LogP contribution in [-0.2, 0) is 11.3 Å². The molecule has 4 nitrogen and oxygen atoms in total. The number of allylic oxidation sites excluding steroid dienone is 1. The Balaban J connectivity index is 1.78. The lowest BCUT2D eigenvalue weighted by Crippen LogP contribution is -2.40. The Hall–Kier alpha value is -1.78. The van der Waals surface area contributed by atoms with Gasteiger partial charge < -0.3 is 14.8 Å². The summed E-state index contributed by atoms with van der Waals surface area (Å²) < 4.78 is 5.49. The van der Waals surface area contributed by atoms with Crippen molar-refractivity contribution in [2.45, 2.75) is 25.4 Å². The second-order valence-electron chi connectivity index (χ2n) is 5.28. The molecule has 0 amide bonds. The number of hydrogen-bond acceptors (Lipinski definition) is 3. The summed E-state index contributed by atoms with van der Waals surface area (Å²) in [5.74, 6) is -1.15. The number of halogens is 1. The summed E-state index contributed by atoms with van der Waals surface area (Å²) in [7, 11) is 0. The van der Waals surface area contributed by atoms with E-state index in [1.807, 2.05) is 30.4 Å². The number of carbonyl (C=O) groups is 1. The zero-order valence-electron chi connectivity index (χ0n) is 11.4. The largest absolute Gasteiger partial charge is 0.481 e. The van der Waals surface area contributed by atoms with Crippen LogP contribution in [0.2, 0.25) is 5.02 Å². The molecule has 1 aromatic heterocycles. The summed E-state index contributed by atoms with van der Waals surface area (Å²) in [5, 5.41) is 14.2. The highest BCUT2D eigenvalue weighted by atomic mass is 35.5. The normalized spacial score (nSPS) is 21.8. The molecule has 21 heavy (non-hydrogen) atoms. The van der Waals surface area contributed by atoms with Crippen molar-refractivity contribution < 1.29 is 14.3 Å². The van der Waals surface area contributed by atoms with Gasteiger partial charge in [-0.1, -0.05) is 23.8 Å². The van der Waals surface area contributed by atoms with Gasteiger partial charge in [0.05, 0.1) is 12.2 Å². The molecule has 0 bridgehead atoms. The minimum absolute atomic E-state index is 0.0727. The quantitative estimate of drug-likeness (QED) is 0.847. The molecular weight excluding hydrogens is 290 g/mol. The van der Waals surface area contributed by atoms with E-state index in [1.165, 1.54) is 0 Å². The van der Waals surface area contributed by atoms with E-state index in [0.717, 1.165) is 23.0 Å². The number of rotatable bonds is 4. The summed E-state index contributed by atoms with van der Waals surface area (Å²) in [4.78, 5) is 11.3. The van der Waals surface area contributed by atoms with Crippen LogP contribution in [0.1, 0.15) is 18.4 Å². The summed E-state index contributed by atoms with van der Waals surface area (Å²) in [5.41, 5.74) is 1.74. The predicted octanol–water partition coefficient (Wildman–Crippen LogP) is 3.60. The first-order valence-electron chi connectivity index (χ1n) is 6.92. The molecule has 2 aromatic rings. The number of hydrogen-bond donors (Lipinski definition) is 2. The molecule has 5 heteroatoms. The van der Waals surface area contributed by atoms with Crippen molar-refractivity contribution in [2.24, 2.45) is 5.92 Å². The zero-order chi connectivity index (χ0) is 14.8. The number of benzene rings is 1. The Morgan fingerprint density at radius 1 is 1.38 bits per heavy atom. The van der Waals surface area contributed by atoms with E-state index in [9.17, 15) is 9.90 Å². The topological polar surface area (TPSA) is 62.5 Å². The highest BCUT2D eigenvalue weighted by molar-refractivity contribution is 6.31. The highest BCUT2D eigenvalue weighted by Crippen LogP contribution is 2.26. The van der Waals surface area contributed by atoms with Crippen molar-refractivity contribution in [3.05, 3.63) is 47.2 Å². The van der Waals surface area contributed by atoms with Gasteiger partial charge >= 0.3 is 5.97 Å². The van der Waals surface area contributed by atoms with Crippen LogP contribution in [0.25, 0.3) is 11.0 Å². The van der Waals surface area contributed by atoms with Crippen molar-refractivity contribution in [1.29, 1.82) is 0 Å². The Kier molecular flexibility index (Phi) is 3.99. The van der Waals surface area contributed by atoms with Crippen LogP contribution in [0.15, 0.2) is 41.0 Å². The van der Waals surface area contributed by atoms with E-state index in [2.05, 4.69) is 5.32 Å². The second kappa shape index (κ2) is 5.92. The third-order valence-corrected chi connectivity index (χ3v) is 4.12. The van der Waals surface area contributed by atoms with E-state index < -0.39 is 5.97 Å². The van der Waals surface area contributed by atoms with Crippen molar-refractivity contribution in [3.8, 4) is 0 Å². The molecule has 0 aliphatic heterocycles. The molecule has 1 aromatic carbocycles. The summed E-state index contributed by atoms with van der Waals surface area (Å²) in [6, 6.07) is 5.51. The van der Waals surface area contributed by atoms with Gasteiger partial charge in [0.2, 0.25) is 0 Å². The Bertz CT molecular complexity index is 692. The fourth-order valence-corrected chi connectivity index (χ4v) is 3.05. The first-order chi connectivity index (χ1) is 10.1. The molecule has 0 unspecified atom stereocenters. The lowest BCUT2D eigenvalue weighted by molar-refractivity contribution is -0.142. The van der Waals surface area contributed by atoms with Crippen LogP contribution >= 0.6 is 11.6 Å². The van der Waals surface area contributed by atoms with Gasteiger partial charge in [-0.25, -0.2) is 0 Å². The van der Waals surface area contributed by atoms with Gasteiger partial charge in [-0.3, -0.25) is 4.79 Å². The molecule has 2 N–H and O–H groups in total. The minimum atomic E-state index is -0.758. The van der Waals surface area contributed by atoms with Crippen LogP contribution in [0, 0.1) is 5.92 Å². The first kappa shape index (κ1) is 14.2. The Morgan fingerprint density at radius 2 is 2.19 bits per heavy atom. The highest BCUT2D eigenvalue weighted by Gasteiger charge is 2.28. The van der Waals surface area contributed by atoms with Crippen molar-refractivity contribution >= 4 is 28.5 Å². The average Bonchev–Trinajstić information content (AvgIpc) is 2.93. The summed E-state index contributed by atoms with van der Waals surface area (Å²) in [6.45, 7) is 0.535. The van der Waals surface area contributed by atoms with Gasteiger partial charge in [-0.2, -0.15) is 0 Å². The molecule has 2 atom stereocenters. The molecule has 0 radical (unpaired) electrons. The zero-order valence-corrected chi connectivity index (χ0v) is 12.1. The molecule has 1 aliphatic rings. The van der Waals surface area contributed by atoms with Gasteiger partial charge in [-0.15, -0.1) is 0 Å². The van der Waals surface area contributed by atoms with Crippen molar-refractivity contribution in [1.82, 2.24) is 5.32 Å². The molecule has 110 valence electrons. The number of aliphatic carboxylic acids is 1. The fraction of sp³-hybridized carbons (Fsp3) is 0.312. The van der Waals surface area contributed by atoms with Crippen LogP contribution < -0.4 is 5.32 Å². The maximum absolute atomic E-state index is 11.3. The third-order valence-electron chi connectivity index (χ3n) is 3.90. The molecule has 0 spiro atoms. The predicted molar refractivity (Wildman–Crippen MR) is 81.4 cm³/mol. The second-order valence-corrected chi connectivity index (χ2v) is 5.72. The van der Waals surface area contributed by atoms with Crippen LogP contribution in [0.5, 0.6) is 0 Å². The lowest BCUT2D eigenvalue weighted by Gasteiger charge is -2.26. The number of furan rings is 1. The smallest absolute Gasteiger partial charge is 0.308 e.